The van der Waals surface area contributed by atoms with Crippen LogP contribution < -0.4 is 5.32 Å². The fourth-order valence-corrected chi connectivity index (χ4v) is 3.58. The molecule has 1 saturated carbocycles. The number of esters is 1. The number of hydrogen-bond acceptors (Lipinski definition) is 4. The van der Waals surface area contributed by atoms with E-state index in [0.29, 0.717) is 33.5 Å². The van der Waals surface area contributed by atoms with Gasteiger partial charge in [0.1, 0.15) is 6.61 Å². The second-order valence-electron chi connectivity index (χ2n) is 6.28. The molecule has 1 fully saturated rings. The van der Waals surface area contributed by atoms with E-state index >= 15 is 0 Å². The Morgan fingerprint density at radius 1 is 1.31 bits per heavy atom. The van der Waals surface area contributed by atoms with Gasteiger partial charge in [-0.2, -0.15) is 0 Å². The van der Waals surface area contributed by atoms with Gasteiger partial charge in [0.15, 0.2) is 0 Å². The van der Waals surface area contributed by atoms with Crippen LogP contribution in [0.2, 0.25) is 10.0 Å². The molecule has 26 heavy (non-hydrogen) atoms. The highest BCUT2D eigenvalue weighted by molar-refractivity contribution is 6.35. The van der Waals surface area contributed by atoms with Crippen LogP contribution in [-0.4, -0.2) is 43.3 Å². The van der Waals surface area contributed by atoms with Crippen molar-refractivity contribution in [1.82, 2.24) is 10.2 Å². The Morgan fingerprint density at radius 3 is 2.65 bits per heavy atom. The monoisotopic (exact) mass is 398 g/mol. The lowest BCUT2D eigenvalue weighted by Crippen LogP contribution is -2.49. The van der Waals surface area contributed by atoms with Gasteiger partial charge in [0.05, 0.1) is 18.2 Å². The highest BCUT2D eigenvalue weighted by atomic mass is 35.5. The molecule has 8 heteroatoms. The van der Waals surface area contributed by atoms with E-state index in [1.165, 1.54) is 7.11 Å². The number of nitrogens with one attached hydrogen (secondary N) is 1. The van der Waals surface area contributed by atoms with Crippen molar-refractivity contribution in [3.63, 3.8) is 0 Å². The van der Waals surface area contributed by atoms with Crippen LogP contribution in [0.5, 0.6) is 0 Å². The highest BCUT2D eigenvalue weighted by Crippen LogP contribution is 2.39. The summed E-state index contributed by atoms with van der Waals surface area (Å²) in [6.45, 7) is 2.19. The van der Waals surface area contributed by atoms with Crippen LogP contribution in [0.15, 0.2) is 29.5 Å². The van der Waals surface area contributed by atoms with Crippen LogP contribution in [0.4, 0.5) is 4.79 Å². The second-order valence-corrected chi connectivity index (χ2v) is 7.12. The number of halogens is 2. The van der Waals surface area contributed by atoms with Crippen LogP contribution in [0.25, 0.3) is 0 Å². The molecule has 2 amide bonds. The maximum absolute atomic E-state index is 12.8. The molecule has 1 aromatic carbocycles. The number of urea groups is 1. The Balaban J connectivity index is 2.00. The molecule has 2 aliphatic rings. The van der Waals surface area contributed by atoms with Crippen LogP contribution in [0.3, 0.4) is 0 Å². The zero-order valence-corrected chi connectivity index (χ0v) is 16.1. The average Bonchev–Trinajstić information content (AvgIpc) is 3.39. The summed E-state index contributed by atoms with van der Waals surface area (Å²) in [5.41, 5.74) is 1.56. The first-order valence-electron chi connectivity index (χ1n) is 8.35. The zero-order valence-electron chi connectivity index (χ0n) is 14.6. The molecule has 1 atom stereocenters. The SMILES string of the molecule is COCCOC(=O)C1=C(C)N(C2CC2)C(=O)N[C@H]1c1ccc(Cl)cc1Cl. The summed E-state index contributed by atoms with van der Waals surface area (Å²) in [5.74, 6) is -0.499. The minimum atomic E-state index is -0.697. The largest absolute Gasteiger partial charge is 0.460 e. The summed E-state index contributed by atoms with van der Waals surface area (Å²) in [6, 6.07) is 4.15. The Labute approximate surface area is 162 Å². The average molecular weight is 399 g/mol. The molecule has 0 aromatic heterocycles. The standard InChI is InChI=1S/C18H20Cl2N2O4/c1-10-15(17(23)26-8-7-25-2)16(13-6-3-11(19)9-14(13)20)21-18(24)22(10)12-4-5-12/h3,6,9,12,16H,4-5,7-8H2,1-2H3,(H,21,24)/t16-/m0/s1. The summed E-state index contributed by atoms with van der Waals surface area (Å²) in [4.78, 5) is 27.0. The lowest BCUT2D eigenvalue weighted by atomic mass is 9.94. The molecule has 1 N–H and O–H groups in total. The van der Waals surface area contributed by atoms with Crippen molar-refractivity contribution in [3.05, 3.63) is 45.1 Å². The van der Waals surface area contributed by atoms with Crippen molar-refractivity contribution < 1.29 is 19.1 Å². The van der Waals surface area contributed by atoms with Gasteiger partial charge in [-0.15, -0.1) is 0 Å². The number of ether oxygens (including phenoxy) is 2. The van der Waals surface area contributed by atoms with E-state index in [-0.39, 0.29) is 18.7 Å². The molecular weight excluding hydrogens is 379 g/mol. The van der Waals surface area contributed by atoms with Gasteiger partial charge in [0, 0.05) is 28.9 Å². The number of amides is 2. The molecule has 140 valence electrons. The van der Waals surface area contributed by atoms with Crippen molar-refractivity contribution in [2.75, 3.05) is 20.3 Å². The quantitative estimate of drug-likeness (QED) is 0.585. The Hall–Kier alpha value is -1.76. The first-order valence-corrected chi connectivity index (χ1v) is 9.11. The van der Waals surface area contributed by atoms with Gasteiger partial charge in [-0.05, 0) is 37.5 Å². The van der Waals surface area contributed by atoms with E-state index in [2.05, 4.69) is 5.32 Å². The van der Waals surface area contributed by atoms with E-state index in [1.807, 2.05) is 0 Å². The molecule has 0 spiro atoms. The molecule has 1 heterocycles. The van der Waals surface area contributed by atoms with Crippen molar-refractivity contribution >= 4 is 35.2 Å². The van der Waals surface area contributed by atoms with Crippen LogP contribution in [-0.2, 0) is 14.3 Å². The molecule has 1 aromatic rings. The zero-order chi connectivity index (χ0) is 18.8. The van der Waals surface area contributed by atoms with Crippen LogP contribution >= 0.6 is 23.2 Å². The normalized spacial score (nSPS) is 20.2. The van der Waals surface area contributed by atoms with Crippen molar-refractivity contribution in [2.45, 2.75) is 31.8 Å². The van der Waals surface area contributed by atoms with Crippen molar-refractivity contribution in [3.8, 4) is 0 Å². The number of nitrogens with zero attached hydrogens (tertiary/aromatic N) is 1. The van der Waals surface area contributed by atoms with Gasteiger partial charge in [0.2, 0.25) is 0 Å². The molecule has 1 aliphatic heterocycles. The summed E-state index contributed by atoms with van der Waals surface area (Å²) >= 11 is 12.3. The van der Waals surface area contributed by atoms with Gasteiger partial charge in [-0.1, -0.05) is 29.3 Å². The summed E-state index contributed by atoms with van der Waals surface area (Å²) in [7, 11) is 1.53. The molecule has 0 saturated heterocycles. The lowest BCUT2D eigenvalue weighted by Gasteiger charge is -2.35. The maximum Gasteiger partial charge on any atom is 0.338 e. The van der Waals surface area contributed by atoms with Gasteiger partial charge in [0.25, 0.3) is 0 Å². The predicted octanol–water partition coefficient (Wildman–Crippen LogP) is 3.69. The van der Waals surface area contributed by atoms with Gasteiger partial charge in [-0.3, -0.25) is 4.90 Å². The maximum atomic E-state index is 12.8. The van der Waals surface area contributed by atoms with E-state index in [9.17, 15) is 9.59 Å². The number of methoxy groups -OCH3 is 1. The van der Waals surface area contributed by atoms with E-state index in [4.69, 9.17) is 32.7 Å². The number of carbonyl (C=O) groups is 2. The summed E-state index contributed by atoms with van der Waals surface area (Å²) < 4.78 is 10.2. The topological polar surface area (TPSA) is 67.9 Å². The van der Waals surface area contributed by atoms with Crippen molar-refractivity contribution in [1.29, 1.82) is 0 Å². The summed E-state index contributed by atoms with van der Waals surface area (Å²) in [5, 5.41) is 3.74. The van der Waals surface area contributed by atoms with Gasteiger partial charge in [-0.25, -0.2) is 9.59 Å². The third-order valence-corrected chi connectivity index (χ3v) is 5.01. The minimum absolute atomic E-state index is 0.124. The Kier molecular flexibility index (Phi) is 5.75. The number of rotatable bonds is 6. The smallest absolute Gasteiger partial charge is 0.338 e. The lowest BCUT2D eigenvalue weighted by molar-refractivity contribution is -0.140. The van der Waals surface area contributed by atoms with Gasteiger partial charge >= 0.3 is 12.0 Å². The highest BCUT2D eigenvalue weighted by Gasteiger charge is 2.43. The molecule has 0 radical (unpaired) electrons. The van der Waals surface area contributed by atoms with Crippen LogP contribution in [0, 0.1) is 0 Å². The Morgan fingerprint density at radius 2 is 2.04 bits per heavy atom. The van der Waals surface area contributed by atoms with E-state index in [0.717, 1.165) is 12.8 Å². The van der Waals surface area contributed by atoms with Crippen LogP contribution in [0.1, 0.15) is 31.4 Å². The van der Waals surface area contributed by atoms with Gasteiger partial charge < -0.3 is 14.8 Å². The first-order chi connectivity index (χ1) is 12.4. The minimum Gasteiger partial charge on any atom is -0.460 e. The Bertz CT molecular complexity index is 762. The number of hydrogen-bond donors (Lipinski definition) is 1. The number of benzene rings is 1. The third-order valence-electron chi connectivity index (χ3n) is 4.45. The van der Waals surface area contributed by atoms with Crippen molar-refractivity contribution in [2.24, 2.45) is 0 Å². The molecule has 0 bridgehead atoms. The summed E-state index contributed by atoms with van der Waals surface area (Å²) in [6.07, 6.45) is 1.84. The van der Waals surface area contributed by atoms with E-state index in [1.54, 1.807) is 30.0 Å². The molecule has 6 nitrogen and oxygen atoms in total. The molecule has 0 unspecified atom stereocenters. The molecule has 1 aliphatic carbocycles. The molecule has 3 rings (SSSR count). The fraction of sp³-hybridized carbons (Fsp3) is 0.444. The molecular formula is C18H20Cl2N2O4. The fourth-order valence-electron chi connectivity index (χ4n) is 3.06. The first kappa shape index (κ1) is 19.0. The number of carbonyl (C=O) groups excluding carboxylic acids is 2. The second kappa shape index (κ2) is 7.86. The predicted molar refractivity (Wildman–Crippen MR) is 98.1 cm³/mol. The number of allylic oxidation sites excluding steroid dienone is 1. The van der Waals surface area contributed by atoms with E-state index < -0.39 is 12.0 Å². The third kappa shape index (κ3) is 3.82.